The third-order valence-corrected chi connectivity index (χ3v) is 0. The largest absolute Gasteiger partial charge is 2.00 e. The van der Waals surface area contributed by atoms with Crippen LogP contribution in [0.4, 0.5) is 0 Å². The molecule has 0 saturated heterocycles. The van der Waals surface area contributed by atoms with Gasteiger partial charge in [-0.2, -0.15) is 0 Å². The van der Waals surface area contributed by atoms with Crippen LogP contribution in [0.1, 0.15) is 0 Å². The third-order valence-electron chi connectivity index (χ3n) is 0. The van der Waals surface area contributed by atoms with E-state index in [0.29, 0.717) is 0 Å². The summed E-state index contributed by atoms with van der Waals surface area (Å²) in [6, 6.07) is 0. The topological polar surface area (TPSA) is 0 Å². The van der Waals surface area contributed by atoms with Crippen LogP contribution in [0.15, 0.2) is 0 Å². The van der Waals surface area contributed by atoms with Crippen LogP contribution in [0.2, 0.25) is 0 Å². The fourth-order valence-corrected chi connectivity index (χ4v) is 0. The summed E-state index contributed by atoms with van der Waals surface area (Å²) in [7, 11) is 5.44. The van der Waals surface area contributed by atoms with Gasteiger partial charge in [-0.15, -0.1) is 0 Å². The first kappa shape index (κ1) is 16.5. The van der Waals surface area contributed by atoms with Crippen LogP contribution in [0, 0.1) is 13.1 Å². The Kier molecular flexibility index (Phi) is 228. The molecule has 0 N–H and O–H groups in total. The first-order chi connectivity index (χ1) is 2.00. The third kappa shape index (κ3) is 39.7. The summed E-state index contributed by atoms with van der Waals surface area (Å²) >= 11 is 0. The van der Waals surface area contributed by atoms with Crippen molar-refractivity contribution < 1.29 is 21.1 Å². The van der Waals surface area contributed by atoms with Gasteiger partial charge in [0.1, 0.15) is 0 Å². The smallest absolute Gasteiger partial charge is 0.354 e. The maximum atomic E-state index is 3.06. The Morgan fingerprint density at radius 1 is 0.800 bits per heavy atom. The molecule has 0 rings (SSSR count). The number of rotatable bonds is 0. The zero-order valence-electron chi connectivity index (χ0n) is 2.73. The van der Waals surface area contributed by atoms with Gasteiger partial charge in [0.2, 0.25) is 0 Å². The molecule has 0 unspecified atom stereocenters. The Morgan fingerprint density at radius 3 is 0.800 bits per heavy atom. The average Bonchev–Trinajstić information content (AvgIpc) is 1.50. The molecule has 6 radical (unpaired) electrons. The molecule has 0 nitrogen and oxygen atoms in total. The van der Waals surface area contributed by atoms with Gasteiger partial charge in [-0.25, -0.2) is 20.5 Å². The SMILES string of the molecule is [CH2-][Si].[CH2-][Si].[Pt+2]. The van der Waals surface area contributed by atoms with Gasteiger partial charge >= 0.3 is 21.1 Å². The van der Waals surface area contributed by atoms with Crippen molar-refractivity contribution in [3.8, 4) is 0 Å². The fraction of sp³-hybridized carbons (Fsp3) is 0. The molecule has 5 heavy (non-hydrogen) atoms. The minimum absolute atomic E-state index is 0. The molecule has 0 aromatic heterocycles. The first-order valence-corrected chi connectivity index (χ1v) is 2.12. The molecule has 0 aliphatic rings. The van der Waals surface area contributed by atoms with Crippen molar-refractivity contribution in [2.45, 2.75) is 0 Å². The summed E-state index contributed by atoms with van der Waals surface area (Å²) in [4.78, 5) is 0. The van der Waals surface area contributed by atoms with Crippen molar-refractivity contribution in [3.63, 3.8) is 0 Å². The molecular formula is C2H4PtSi2. The van der Waals surface area contributed by atoms with E-state index in [2.05, 4.69) is 33.6 Å². The van der Waals surface area contributed by atoms with Crippen LogP contribution in [-0.2, 0) is 21.1 Å². The van der Waals surface area contributed by atoms with Crippen LogP contribution < -0.4 is 0 Å². The summed E-state index contributed by atoms with van der Waals surface area (Å²) in [6.45, 7) is 6.11. The van der Waals surface area contributed by atoms with Crippen molar-refractivity contribution in [1.29, 1.82) is 0 Å². The van der Waals surface area contributed by atoms with Crippen molar-refractivity contribution in [3.05, 3.63) is 13.1 Å². The first-order valence-electron chi connectivity index (χ1n) is 0.707. The van der Waals surface area contributed by atoms with Crippen molar-refractivity contribution >= 4 is 20.5 Å². The predicted octanol–water partition coefficient (Wildman–Crippen LogP) is -0.110. The predicted molar refractivity (Wildman–Crippen MR) is 22.2 cm³/mol. The molecule has 0 saturated carbocycles. The fourth-order valence-electron chi connectivity index (χ4n) is 0. The number of hydrogen-bond donors (Lipinski definition) is 0. The van der Waals surface area contributed by atoms with E-state index in [1.54, 1.807) is 0 Å². The van der Waals surface area contributed by atoms with Crippen LogP contribution in [0.5, 0.6) is 0 Å². The second-order valence-electron chi connectivity index (χ2n) is 0. The van der Waals surface area contributed by atoms with Crippen LogP contribution in [-0.4, -0.2) is 20.5 Å². The Bertz CT molecular complexity index is 7.61. The molecular weight excluding hydrogens is 275 g/mol. The van der Waals surface area contributed by atoms with E-state index in [1.807, 2.05) is 0 Å². The van der Waals surface area contributed by atoms with Gasteiger partial charge in [-0.1, -0.05) is 0 Å². The van der Waals surface area contributed by atoms with E-state index >= 15 is 0 Å². The van der Waals surface area contributed by atoms with E-state index in [1.165, 1.54) is 0 Å². The summed E-state index contributed by atoms with van der Waals surface area (Å²) in [5, 5.41) is 0. The molecule has 0 spiro atoms. The van der Waals surface area contributed by atoms with Gasteiger partial charge in [-0.05, 0) is 0 Å². The normalized spacial score (nSPS) is 2.40. The number of hydrogen-bond acceptors (Lipinski definition) is 0. The van der Waals surface area contributed by atoms with E-state index in [9.17, 15) is 0 Å². The monoisotopic (exact) mass is 279 g/mol. The molecule has 0 amide bonds. The van der Waals surface area contributed by atoms with Gasteiger partial charge in [0.05, 0.1) is 0 Å². The minimum atomic E-state index is 0. The summed E-state index contributed by atoms with van der Waals surface area (Å²) in [5.74, 6) is 0. The summed E-state index contributed by atoms with van der Waals surface area (Å²) in [5.41, 5.74) is 0. The molecule has 0 aromatic carbocycles. The Labute approximate surface area is 54.8 Å². The molecule has 0 fully saturated rings. The Hall–Kier alpha value is 1.12. The molecule has 0 atom stereocenters. The van der Waals surface area contributed by atoms with Crippen molar-refractivity contribution in [2.24, 2.45) is 0 Å². The molecule has 30 valence electrons. The van der Waals surface area contributed by atoms with Gasteiger partial charge in [0.25, 0.3) is 0 Å². The molecule has 3 heteroatoms. The second-order valence-corrected chi connectivity index (χ2v) is 0. The van der Waals surface area contributed by atoms with E-state index in [-0.39, 0.29) is 21.1 Å². The van der Waals surface area contributed by atoms with Crippen LogP contribution in [0.3, 0.4) is 0 Å². The molecule has 0 aliphatic heterocycles. The van der Waals surface area contributed by atoms with Gasteiger partial charge in [0, 0.05) is 0 Å². The quantitative estimate of drug-likeness (QED) is 0.429. The maximum absolute atomic E-state index is 3.06. The van der Waals surface area contributed by atoms with Crippen LogP contribution >= 0.6 is 0 Å². The standard InChI is InChI=1S/2CH2Si.Pt/c2*1-2;/h2*1H2;/q2*-1;+2. The van der Waals surface area contributed by atoms with Gasteiger partial charge in [-0.3, -0.25) is 0 Å². The summed E-state index contributed by atoms with van der Waals surface area (Å²) in [6.07, 6.45) is 0. The zero-order valence-corrected chi connectivity index (χ0v) is 7.00. The second kappa shape index (κ2) is 69.1. The van der Waals surface area contributed by atoms with Crippen LogP contribution in [0.25, 0.3) is 0 Å². The zero-order chi connectivity index (χ0) is 4.00. The van der Waals surface area contributed by atoms with Gasteiger partial charge < -0.3 is 13.1 Å². The van der Waals surface area contributed by atoms with Crippen molar-refractivity contribution in [2.75, 3.05) is 0 Å². The maximum Gasteiger partial charge on any atom is 2.00 e. The molecule has 0 aliphatic carbocycles. The minimum Gasteiger partial charge on any atom is -0.354 e. The average molecular weight is 279 g/mol. The van der Waals surface area contributed by atoms with E-state index < -0.39 is 0 Å². The van der Waals surface area contributed by atoms with Gasteiger partial charge in [0.15, 0.2) is 0 Å². The Morgan fingerprint density at radius 2 is 0.800 bits per heavy atom. The summed E-state index contributed by atoms with van der Waals surface area (Å²) < 4.78 is 0. The molecule has 0 aromatic rings. The van der Waals surface area contributed by atoms with E-state index in [0.717, 1.165) is 0 Å². The molecule has 0 heterocycles. The van der Waals surface area contributed by atoms with E-state index in [4.69, 9.17) is 0 Å². The Balaban J connectivity index is -0.0000000133. The molecule has 0 bridgehead atoms. The van der Waals surface area contributed by atoms with Crippen molar-refractivity contribution in [1.82, 2.24) is 0 Å².